The number of aryl methyl sites for hydroxylation is 2. The average molecular weight is 837 g/mol. The molecule has 0 aliphatic heterocycles. The van der Waals surface area contributed by atoms with E-state index < -0.39 is 60.0 Å². The first-order chi connectivity index (χ1) is 28.0. The minimum absolute atomic E-state index is 0.00770. The van der Waals surface area contributed by atoms with Crippen molar-refractivity contribution in [3.8, 4) is 0 Å². The number of nitrogen functional groups attached to an aromatic ring is 1. The van der Waals surface area contributed by atoms with E-state index in [4.69, 9.17) is 19.9 Å². The van der Waals surface area contributed by atoms with E-state index in [-0.39, 0.29) is 65.6 Å². The van der Waals surface area contributed by atoms with Crippen molar-refractivity contribution in [1.29, 1.82) is 0 Å². The number of alkyl halides is 2. The standard InChI is InChI=1S/C45H55F3N4O8/c1-10-58-41(55)35(22-38(47)48)32-16-13-29(49)20-27(32)12-18-37(54)39(28-11-15-31(25(2)19-28)26(3)24-53)51-30-14-17-33-34(21-30)36(46)23-50-40(33)52(42(56)59-44(4,5)6)43(57)60-45(7,8)9/h11,13-17,19-21,23,26,35,38-39,51,53H,10,12,18,22,24,49H2,1-9H3/t26-,35+,39?/m0/s1. The number of ether oxygens (including phenoxy) is 3. The number of nitrogens with two attached hydrogens (primary N) is 1. The lowest BCUT2D eigenvalue weighted by Gasteiger charge is -2.28. The highest BCUT2D eigenvalue weighted by molar-refractivity contribution is 6.14. The molecule has 0 aliphatic rings. The molecule has 0 fully saturated rings. The van der Waals surface area contributed by atoms with Gasteiger partial charge in [0.2, 0.25) is 6.43 Å². The van der Waals surface area contributed by atoms with Crippen LogP contribution in [0.3, 0.4) is 0 Å². The Labute approximate surface area is 348 Å². The summed E-state index contributed by atoms with van der Waals surface area (Å²) in [6.07, 6.45) is -5.02. The number of Topliss-reactive ketones (excluding diaryl/α,β-unsaturated/α-hetero) is 1. The van der Waals surface area contributed by atoms with Crippen molar-refractivity contribution in [2.45, 2.75) is 117 Å². The maximum absolute atomic E-state index is 15.7. The van der Waals surface area contributed by atoms with E-state index in [1.165, 1.54) is 30.3 Å². The number of halogens is 3. The van der Waals surface area contributed by atoms with Crippen LogP contribution in [0.1, 0.15) is 114 Å². The summed E-state index contributed by atoms with van der Waals surface area (Å²) in [4.78, 5) is 58.9. The number of pyridine rings is 1. The van der Waals surface area contributed by atoms with Gasteiger partial charge in [0.15, 0.2) is 11.6 Å². The Morgan fingerprint density at radius 3 is 2.10 bits per heavy atom. The molecule has 12 nitrogen and oxygen atoms in total. The smallest absolute Gasteiger partial charge is 0.425 e. The van der Waals surface area contributed by atoms with Gasteiger partial charge < -0.3 is 30.4 Å². The van der Waals surface area contributed by atoms with Crippen LogP contribution in [0.15, 0.2) is 60.8 Å². The van der Waals surface area contributed by atoms with Crippen LogP contribution in [0.4, 0.5) is 40.0 Å². The highest BCUT2D eigenvalue weighted by Crippen LogP contribution is 2.35. The van der Waals surface area contributed by atoms with E-state index in [1.807, 2.05) is 26.0 Å². The molecule has 1 unspecified atom stereocenters. The van der Waals surface area contributed by atoms with Gasteiger partial charge >= 0.3 is 18.2 Å². The molecule has 4 rings (SSSR count). The van der Waals surface area contributed by atoms with Crippen LogP contribution in [0.5, 0.6) is 0 Å². The molecule has 1 aromatic heterocycles. The molecule has 4 aromatic rings. The van der Waals surface area contributed by atoms with E-state index in [0.29, 0.717) is 21.7 Å². The van der Waals surface area contributed by atoms with Crippen LogP contribution in [-0.2, 0) is 30.2 Å². The van der Waals surface area contributed by atoms with Crippen LogP contribution in [-0.4, -0.2) is 64.9 Å². The zero-order valence-corrected chi connectivity index (χ0v) is 35.5. The largest absolute Gasteiger partial charge is 0.466 e. The first kappa shape index (κ1) is 47.0. The van der Waals surface area contributed by atoms with E-state index in [0.717, 1.165) is 17.3 Å². The van der Waals surface area contributed by atoms with Crippen molar-refractivity contribution in [3.05, 3.63) is 94.4 Å². The molecule has 0 saturated carbocycles. The maximum Gasteiger partial charge on any atom is 0.425 e. The van der Waals surface area contributed by atoms with E-state index in [9.17, 15) is 33.1 Å². The number of esters is 1. The molecule has 3 aromatic carbocycles. The molecule has 0 radical (unpaired) electrons. The van der Waals surface area contributed by atoms with Crippen LogP contribution >= 0.6 is 0 Å². The van der Waals surface area contributed by atoms with Crippen molar-refractivity contribution in [3.63, 3.8) is 0 Å². The summed E-state index contributed by atoms with van der Waals surface area (Å²) in [5, 5.41) is 13.1. The van der Waals surface area contributed by atoms with Gasteiger partial charge in [-0.15, -0.1) is 0 Å². The molecule has 3 atom stereocenters. The molecule has 2 amide bonds. The Kier molecular flexibility index (Phi) is 15.3. The van der Waals surface area contributed by atoms with E-state index in [1.54, 1.807) is 60.6 Å². The van der Waals surface area contributed by atoms with Crippen LogP contribution < -0.4 is 16.0 Å². The Morgan fingerprint density at radius 1 is 0.900 bits per heavy atom. The highest BCUT2D eigenvalue weighted by Gasteiger charge is 2.35. The lowest BCUT2D eigenvalue weighted by molar-refractivity contribution is -0.146. The van der Waals surface area contributed by atoms with Gasteiger partial charge in [0.25, 0.3) is 0 Å². The van der Waals surface area contributed by atoms with Crippen LogP contribution in [0, 0.1) is 12.7 Å². The van der Waals surface area contributed by atoms with Gasteiger partial charge in [-0.3, -0.25) is 9.59 Å². The van der Waals surface area contributed by atoms with Gasteiger partial charge in [0, 0.05) is 47.5 Å². The average Bonchev–Trinajstić information content (AvgIpc) is 3.14. The van der Waals surface area contributed by atoms with Gasteiger partial charge in [-0.25, -0.2) is 27.7 Å². The van der Waals surface area contributed by atoms with E-state index >= 15 is 4.39 Å². The molecule has 0 saturated heterocycles. The Bertz CT molecular complexity index is 2170. The fourth-order valence-corrected chi connectivity index (χ4v) is 6.73. The van der Waals surface area contributed by atoms with Gasteiger partial charge in [-0.05, 0) is 120 Å². The first-order valence-corrected chi connectivity index (χ1v) is 19.7. The predicted octanol–water partition coefficient (Wildman–Crippen LogP) is 9.69. The van der Waals surface area contributed by atoms with E-state index in [2.05, 4.69) is 10.3 Å². The summed E-state index contributed by atoms with van der Waals surface area (Å²) in [5.41, 5.74) is 7.58. The number of rotatable bonds is 15. The summed E-state index contributed by atoms with van der Waals surface area (Å²) in [5.74, 6) is -3.67. The number of hydrogen-bond acceptors (Lipinski definition) is 11. The van der Waals surface area contributed by atoms with Crippen molar-refractivity contribution >= 4 is 51.9 Å². The first-order valence-electron chi connectivity index (χ1n) is 19.7. The molecule has 0 aliphatic carbocycles. The quantitative estimate of drug-likeness (QED) is 0.0592. The second kappa shape index (κ2) is 19.6. The molecule has 4 N–H and O–H groups in total. The molecular weight excluding hydrogens is 782 g/mol. The summed E-state index contributed by atoms with van der Waals surface area (Å²) >= 11 is 0. The molecule has 15 heteroatoms. The SMILES string of the molecule is CCOC(=O)[C@H](CC(F)F)c1ccc(N)cc1CCC(=O)C(Nc1ccc2c(N(C(=O)OC(C)(C)C)C(=O)OC(C)(C)C)ncc(F)c2c1)c1ccc([C@@H](C)CO)c(C)c1. The third-order valence-electron chi connectivity index (χ3n) is 9.42. The number of aliphatic hydroxyl groups excluding tert-OH is 1. The van der Waals surface area contributed by atoms with Crippen molar-refractivity contribution in [2.75, 3.05) is 29.2 Å². The van der Waals surface area contributed by atoms with Crippen LogP contribution in [0.2, 0.25) is 0 Å². The van der Waals surface area contributed by atoms with Gasteiger partial charge in [0.05, 0.1) is 18.7 Å². The zero-order valence-electron chi connectivity index (χ0n) is 35.5. The monoisotopic (exact) mass is 836 g/mol. The second-order valence-electron chi connectivity index (χ2n) is 16.6. The molecule has 1 heterocycles. The number of nitrogens with one attached hydrogen (secondary N) is 1. The zero-order chi connectivity index (χ0) is 44.7. The van der Waals surface area contributed by atoms with Crippen molar-refractivity contribution in [2.24, 2.45) is 0 Å². The minimum atomic E-state index is -2.81. The highest BCUT2D eigenvalue weighted by atomic mass is 19.3. The topological polar surface area (TPSA) is 170 Å². The van der Waals surface area contributed by atoms with Crippen LogP contribution in [0.25, 0.3) is 10.8 Å². The Balaban J connectivity index is 1.79. The maximum atomic E-state index is 15.7. The number of aliphatic hydroxyl groups is 1. The number of fused-ring (bicyclic) bond motifs is 1. The normalized spacial score (nSPS) is 13.4. The number of ketones is 1. The Hall–Kier alpha value is -5.70. The van der Waals surface area contributed by atoms with Crippen molar-refractivity contribution in [1.82, 2.24) is 4.98 Å². The lowest BCUT2D eigenvalue weighted by Crippen LogP contribution is -2.44. The number of aromatic nitrogens is 1. The third-order valence-corrected chi connectivity index (χ3v) is 9.42. The number of imide groups is 1. The molecular formula is C45H55F3N4O8. The molecule has 0 bridgehead atoms. The van der Waals surface area contributed by atoms with Gasteiger partial charge in [-0.1, -0.05) is 31.2 Å². The third kappa shape index (κ3) is 12.2. The molecule has 60 heavy (non-hydrogen) atoms. The van der Waals surface area contributed by atoms with Gasteiger partial charge in [-0.2, -0.15) is 4.90 Å². The fraction of sp³-hybridized carbons (Fsp3) is 0.444. The summed E-state index contributed by atoms with van der Waals surface area (Å²) in [6.45, 7) is 14.9. The summed E-state index contributed by atoms with van der Waals surface area (Å²) < 4.78 is 59.3. The number of amides is 2. The summed E-state index contributed by atoms with van der Waals surface area (Å²) in [7, 11) is 0. The predicted molar refractivity (Wildman–Crippen MR) is 224 cm³/mol. The number of anilines is 3. The number of nitrogens with zero attached hydrogens (tertiary/aromatic N) is 2. The number of hydrogen-bond donors (Lipinski definition) is 3. The Morgan fingerprint density at radius 2 is 1.53 bits per heavy atom. The number of carbonyl (C=O) groups is 4. The minimum Gasteiger partial charge on any atom is -0.466 e. The second-order valence-corrected chi connectivity index (χ2v) is 16.6. The molecule has 324 valence electrons. The molecule has 0 spiro atoms. The van der Waals surface area contributed by atoms with Gasteiger partial charge in [0.1, 0.15) is 23.1 Å². The lowest BCUT2D eigenvalue weighted by atomic mass is 9.87. The number of benzene rings is 3. The summed E-state index contributed by atoms with van der Waals surface area (Å²) in [6, 6.07) is 13.3. The fourth-order valence-electron chi connectivity index (χ4n) is 6.73. The van der Waals surface area contributed by atoms with Crippen molar-refractivity contribution < 1.29 is 51.7 Å². The number of carbonyl (C=O) groups excluding carboxylic acids is 4.